The zero-order chi connectivity index (χ0) is 18.1. The number of carbonyl (C=O) groups excluding carboxylic acids is 1. The first-order valence-electron chi connectivity index (χ1n) is 8.82. The van der Waals surface area contributed by atoms with Crippen LogP contribution in [0.1, 0.15) is 21.7 Å². The summed E-state index contributed by atoms with van der Waals surface area (Å²) in [4.78, 5) is 21.3. The van der Waals surface area contributed by atoms with Gasteiger partial charge < -0.3 is 14.4 Å². The molecule has 4 rings (SSSR count). The van der Waals surface area contributed by atoms with Crippen molar-refractivity contribution in [3.05, 3.63) is 64.9 Å². The van der Waals surface area contributed by atoms with Crippen molar-refractivity contribution >= 4 is 22.4 Å². The number of anilines is 1. The molecule has 2 aromatic heterocycles. The van der Waals surface area contributed by atoms with E-state index in [4.69, 9.17) is 0 Å². The number of piperazine rings is 1. The molecule has 1 fully saturated rings. The molecule has 1 aliphatic rings. The number of hydrogen-bond donors (Lipinski definition) is 0. The van der Waals surface area contributed by atoms with Crippen LogP contribution in [0, 0.1) is 13.8 Å². The lowest BCUT2D eigenvalue weighted by Gasteiger charge is -2.34. The summed E-state index contributed by atoms with van der Waals surface area (Å²) in [6.45, 7) is 7.31. The highest BCUT2D eigenvalue weighted by Crippen LogP contribution is 2.21. The van der Waals surface area contributed by atoms with Crippen molar-refractivity contribution in [3.8, 4) is 5.69 Å². The number of nitrogens with zero attached hydrogens (tertiary/aromatic N) is 4. The Labute approximate surface area is 157 Å². The molecule has 26 heavy (non-hydrogen) atoms. The molecule has 0 atom stereocenters. The maximum Gasteiger partial charge on any atom is 0.253 e. The van der Waals surface area contributed by atoms with Crippen molar-refractivity contribution in [2.45, 2.75) is 13.8 Å². The monoisotopic (exact) mass is 366 g/mol. The highest BCUT2D eigenvalue weighted by molar-refractivity contribution is 7.13. The summed E-state index contributed by atoms with van der Waals surface area (Å²) in [5.41, 5.74) is 4.23. The number of carbonyl (C=O) groups is 1. The third kappa shape index (κ3) is 3.12. The van der Waals surface area contributed by atoms with Crippen LogP contribution in [0.2, 0.25) is 0 Å². The maximum atomic E-state index is 12.8. The summed E-state index contributed by atoms with van der Waals surface area (Å²) in [7, 11) is 0. The topological polar surface area (TPSA) is 41.4 Å². The van der Waals surface area contributed by atoms with Gasteiger partial charge in [-0.1, -0.05) is 0 Å². The van der Waals surface area contributed by atoms with E-state index in [1.807, 2.05) is 40.7 Å². The fourth-order valence-corrected chi connectivity index (χ4v) is 4.18. The lowest BCUT2D eigenvalue weighted by Crippen LogP contribution is -2.48. The van der Waals surface area contributed by atoms with Gasteiger partial charge in [0.15, 0.2) is 5.13 Å². The van der Waals surface area contributed by atoms with Crippen LogP contribution < -0.4 is 4.90 Å². The van der Waals surface area contributed by atoms with Gasteiger partial charge in [-0.25, -0.2) is 4.98 Å². The Kier molecular flexibility index (Phi) is 4.51. The highest BCUT2D eigenvalue weighted by Gasteiger charge is 2.23. The van der Waals surface area contributed by atoms with Crippen molar-refractivity contribution in [3.63, 3.8) is 0 Å². The normalized spacial score (nSPS) is 14.7. The molecular weight excluding hydrogens is 344 g/mol. The Bertz CT molecular complexity index is 871. The van der Waals surface area contributed by atoms with Gasteiger partial charge in [0.25, 0.3) is 5.91 Å². The van der Waals surface area contributed by atoms with E-state index in [1.165, 1.54) is 11.4 Å². The van der Waals surface area contributed by atoms with E-state index in [2.05, 4.69) is 40.4 Å². The van der Waals surface area contributed by atoms with Crippen LogP contribution in [0.15, 0.2) is 48.0 Å². The average Bonchev–Trinajstić information content (AvgIpc) is 3.32. The van der Waals surface area contributed by atoms with Gasteiger partial charge in [0.2, 0.25) is 0 Å². The molecule has 0 saturated carbocycles. The molecule has 0 unspecified atom stereocenters. The summed E-state index contributed by atoms with van der Waals surface area (Å²) in [5, 5.41) is 3.03. The third-order valence-corrected chi connectivity index (χ3v) is 5.73. The van der Waals surface area contributed by atoms with E-state index < -0.39 is 0 Å². The number of benzene rings is 1. The first kappa shape index (κ1) is 16.8. The van der Waals surface area contributed by atoms with E-state index in [-0.39, 0.29) is 5.91 Å². The minimum Gasteiger partial charge on any atom is -0.345 e. The molecule has 5 nitrogen and oxygen atoms in total. The fraction of sp³-hybridized carbons (Fsp3) is 0.300. The van der Waals surface area contributed by atoms with Gasteiger partial charge in [-0.05, 0) is 50.2 Å². The second kappa shape index (κ2) is 6.96. The Morgan fingerprint density at radius 1 is 0.962 bits per heavy atom. The summed E-state index contributed by atoms with van der Waals surface area (Å²) in [6, 6.07) is 12.1. The minimum absolute atomic E-state index is 0.108. The summed E-state index contributed by atoms with van der Waals surface area (Å²) < 4.78 is 2.20. The van der Waals surface area contributed by atoms with Crippen LogP contribution in [0.3, 0.4) is 0 Å². The van der Waals surface area contributed by atoms with Crippen LogP contribution in [-0.2, 0) is 0 Å². The van der Waals surface area contributed by atoms with Gasteiger partial charge >= 0.3 is 0 Å². The molecule has 3 aromatic rings. The number of hydrogen-bond acceptors (Lipinski definition) is 4. The number of rotatable bonds is 3. The molecule has 134 valence electrons. The van der Waals surface area contributed by atoms with Crippen LogP contribution in [0.25, 0.3) is 5.69 Å². The maximum absolute atomic E-state index is 12.8. The van der Waals surface area contributed by atoms with Gasteiger partial charge in [0, 0.05) is 60.4 Å². The Balaban J connectivity index is 1.44. The standard InChI is InChI=1S/C20H22N4OS/c1-15-3-4-16(2)24(15)18-7-5-17(6-8-18)19(25)22-10-12-23(13-11-22)20-21-9-14-26-20/h3-9,14H,10-13H2,1-2H3. The molecular formula is C20H22N4OS. The minimum atomic E-state index is 0.108. The molecule has 1 aliphatic heterocycles. The van der Waals surface area contributed by atoms with Gasteiger partial charge in [-0.15, -0.1) is 11.3 Å². The predicted octanol–water partition coefficient (Wildman–Crippen LogP) is 3.51. The van der Waals surface area contributed by atoms with Crippen molar-refractivity contribution in [2.75, 3.05) is 31.1 Å². The SMILES string of the molecule is Cc1ccc(C)n1-c1ccc(C(=O)N2CCN(c3nccs3)CC2)cc1. The van der Waals surface area contributed by atoms with Crippen molar-refractivity contribution < 1.29 is 4.79 Å². The number of thiazole rings is 1. The van der Waals surface area contributed by atoms with Crippen LogP contribution in [-0.4, -0.2) is 46.5 Å². The summed E-state index contributed by atoms with van der Waals surface area (Å²) >= 11 is 1.65. The highest BCUT2D eigenvalue weighted by atomic mass is 32.1. The van der Waals surface area contributed by atoms with Crippen LogP contribution in [0.4, 0.5) is 5.13 Å². The van der Waals surface area contributed by atoms with E-state index in [0.717, 1.165) is 42.6 Å². The molecule has 1 amide bonds. The van der Waals surface area contributed by atoms with Crippen LogP contribution in [0.5, 0.6) is 0 Å². The van der Waals surface area contributed by atoms with Crippen molar-refractivity contribution in [1.82, 2.24) is 14.5 Å². The number of aromatic nitrogens is 2. The summed E-state index contributed by atoms with van der Waals surface area (Å²) in [5.74, 6) is 0.108. The van der Waals surface area contributed by atoms with E-state index in [1.54, 1.807) is 11.3 Å². The fourth-order valence-electron chi connectivity index (χ4n) is 3.48. The van der Waals surface area contributed by atoms with Crippen LogP contribution >= 0.6 is 11.3 Å². The lowest BCUT2D eigenvalue weighted by molar-refractivity contribution is 0.0747. The van der Waals surface area contributed by atoms with E-state index in [0.29, 0.717) is 0 Å². The molecule has 3 heterocycles. The predicted molar refractivity (Wildman–Crippen MR) is 105 cm³/mol. The first-order valence-corrected chi connectivity index (χ1v) is 9.70. The number of aryl methyl sites for hydroxylation is 2. The Morgan fingerprint density at radius 3 is 2.19 bits per heavy atom. The van der Waals surface area contributed by atoms with Gasteiger partial charge in [-0.3, -0.25) is 4.79 Å². The lowest BCUT2D eigenvalue weighted by atomic mass is 10.1. The molecule has 0 spiro atoms. The third-order valence-electron chi connectivity index (χ3n) is 4.90. The second-order valence-corrected chi connectivity index (χ2v) is 7.47. The molecule has 0 N–H and O–H groups in total. The Morgan fingerprint density at radius 2 is 1.62 bits per heavy atom. The molecule has 0 bridgehead atoms. The molecule has 0 radical (unpaired) electrons. The van der Waals surface area contributed by atoms with Gasteiger partial charge in [-0.2, -0.15) is 0 Å². The molecule has 1 saturated heterocycles. The zero-order valence-corrected chi connectivity index (χ0v) is 15.9. The largest absolute Gasteiger partial charge is 0.345 e. The van der Waals surface area contributed by atoms with Gasteiger partial charge in [0.05, 0.1) is 0 Å². The second-order valence-electron chi connectivity index (χ2n) is 6.59. The number of amides is 1. The summed E-state index contributed by atoms with van der Waals surface area (Å²) in [6.07, 6.45) is 1.83. The van der Waals surface area contributed by atoms with E-state index >= 15 is 0 Å². The molecule has 6 heteroatoms. The zero-order valence-electron chi connectivity index (χ0n) is 15.1. The molecule has 1 aromatic carbocycles. The Hall–Kier alpha value is -2.60. The smallest absolute Gasteiger partial charge is 0.253 e. The molecule has 0 aliphatic carbocycles. The quantitative estimate of drug-likeness (QED) is 0.712. The average molecular weight is 366 g/mol. The van der Waals surface area contributed by atoms with Crippen molar-refractivity contribution in [2.24, 2.45) is 0 Å². The van der Waals surface area contributed by atoms with E-state index in [9.17, 15) is 4.79 Å². The van der Waals surface area contributed by atoms with Gasteiger partial charge in [0.1, 0.15) is 0 Å². The van der Waals surface area contributed by atoms with Crippen molar-refractivity contribution in [1.29, 1.82) is 0 Å². The first-order chi connectivity index (χ1) is 12.6.